The largest absolute Gasteiger partial charge is 0.493 e. The second kappa shape index (κ2) is 7.61. The molecule has 0 saturated heterocycles. The first kappa shape index (κ1) is 16.8. The quantitative estimate of drug-likeness (QED) is 0.684. The summed E-state index contributed by atoms with van der Waals surface area (Å²) in [7, 11) is 1.67. The lowest BCUT2D eigenvalue weighted by Crippen LogP contribution is -2.53. The number of hydrogen-bond acceptors (Lipinski definition) is 4. The van der Waals surface area contributed by atoms with Crippen molar-refractivity contribution in [1.82, 2.24) is 5.32 Å². The summed E-state index contributed by atoms with van der Waals surface area (Å²) < 4.78 is 10.6. The van der Waals surface area contributed by atoms with Crippen molar-refractivity contribution >= 4 is 5.91 Å². The van der Waals surface area contributed by atoms with E-state index in [-0.39, 0.29) is 11.4 Å². The first-order chi connectivity index (χ1) is 10.6. The van der Waals surface area contributed by atoms with E-state index >= 15 is 0 Å². The van der Waals surface area contributed by atoms with E-state index in [0.29, 0.717) is 37.0 Å². The molecule has 1 aromatic carbocycles. The summed E-state index contributed by atoms with van der Waals surface area (Å²) in [6.07, 6.45) is 3.09. The van der Waals surface area contributed by atoms with Gasteiger partial charge in [0.25, 0.3) is 5.91 Å². The molecule has 0 bridgehead atoms. The fourth-order valence-electron chi connectivity index (χ4n) is 2.49. The van der Waals surface area contributed by atoms with E-state index in [1.807, 2.05) is 19.1 Å². The molecule has 0 heterocycles. The molecule has 1 atom stereocenters. The maximum absolute atomic E-state index is 12.4. The van der Waals surface area contributed by atoms with E-state index in [2.05, 4.69) is 5.32 Å². The third-order valence-electron chi connectivity index (χ3n) is 4.16. The molecule has 5 heteroatoms. The van der Waals surface area contributed by atoms with Crippen molar-refractivity contribution < 1.29 is 14.3 Å². The van der Waals surface area contributed by atoms with Crippen LogP contribution < -0.4 is 15.8 Å². The standard InChI is InChI=1S/C17H26N2O3/c1-17(12-18,14-7-8-14)19-16(20)13-5-3-6-15(11-13)22-10-4-9-21-2/h3,5-6,11,14H,4,7-10,12,18H2,1-2H3,(H,19,20). The number of nitrogens with one attached hydrogen (secondary N) is 1. The van der Waals surface area contributed by atoms with Crippen molar-refractivity contribution in [2.75, 3.05) is 26.9 Å². The summed E-state index contributed by atoms with van der Waals surface area (Å²) in [5, 5.41) is 3.09. The van der Waals surface area contributed by atoms with E-state index in [4.69, 9.17) is 15.2 Å². The average molecular weight is 306 g/mol. The van der Waals surface area contributed by atoms with Gasteiger partial charge in [-0.1, -0.05) is 6.07 Å². The van der Waals surface area contributed by atoms with Gasteiger partial charge in [0.05, 0.1) is 12.1 Å². The average Bonchev–Trinajstić information content (AvgIpc) is 3.37. The number of amides is 1. The van der Waals surface area contributed by atoms with Crippen LogP contribution in [0.3, 0.4) is 0 Å². The van der Waals surface area contributed by atoms with Crippen LogP contribution in [0.2, 0.25) is 0 Å². The SMILES string of the molecule is COCCCOc1cccc(C(=O)NC(C)(CN)C2CC2)c1. The molecule has 1 saturated carbocycles. The number of nitrogens with two attached hydrogens (primary N) is 1. The van der Waals surface area contributed by atoms with Gasteiger partial charge in [-0.15, -0.1) is 0 Å². The first-order valence-electron chi connectivity index (χ1n) is 7.83. The molecule has 0 aromatic heterocycles. The van der Waals surface area contributed by atoms with Crippen LogP contribution in [-0.4, -0.2) is 38.3 Å². The minimum Gasteiger partial charge on any atom is -0.493 e. The highest BCUT2D eigenvalue weighted by Gasteiger charge is 2.41. The third kappa shape index (κ3) is 4.45. The van der Waals surface area contributed by atoms with Crippen molar-refractivity contribution in [2.24, 2.45) is 11.7 Å². The number of benzene rings is 1. The molecule has 0 aliphatic heterocycles. The van der Waals surface area contributed by atoms with Gasteiger partial charge in [-0.25, -0.2) is 0 Å². The van der Waals surface area contributed by atoms with Gasteiger partial charge in [0, 0.05) is 32.2 Å². The zero-order valence-corrected chi connectivity index (χ0v) is 13.4. The second-order valence-corrected chi connectivity index (χ2v) is 6.07. The summed E-state index contributed by atoms with van der Waals surface area (Å²) >= 11 is 0. The van der Waals surface area contributed by atoms with Gasteiger partial charge in [-0.05, 0) is 43.9 Å². The summed E-state index contributed by atoms with van der Waals surface area (Å²) in [5.41, 5.74) is 6.14. The van der Waals surface area contributed by atoms with E-state index in [1.165, 1.54) is 0 Å². The first-order valence-corrected chi connectivity index (χ1v) is 7.83. The van der Waals surface area contributed by atoms with Crippen molar-refractivity contribution in [2.45, 2.75) is 31.7 Å². The molecule has 1 aliphatic carbocycles. The van der Waals surface area contributed by atoms with Crippen molar-refractivity contribution in [3.63, 3.8) is 0 Å². The maximum atomic E-state index is 12.4. The van der Waals surface area contributed by atoms with Crippen LogP contribution in [0.4, 0.5) is 0 Å². The Hall–Kier alpha value is -1.59. The number of methoxy groups -OCH3 is 1. The van der Waals surface area contributed by atoms with E-state index < -0.39 is 0 Å². The normalized spacial score (nSPS) is 16.9. The monoisotopic (exact) mass is 306 g/mol. The van der Waals surface area contributed by atoms with Gasteiger partial charge in [0.1, 0.15) is 5.75 Å². The van der Waals surface area contributed by atoms with Gasteiger partial charge in [0.15, 0.2) is 0 Å². The molecular weight excluding hydrogens is 280 g/mol. The molecule has 1 amide bonds. The smallest absolute Gasteiger partial charge is 0.251 e. The predicted octanol–water partition coefficient (Wildman–Crippen LogP) is 1.96. The summed E-state index contributed by atoms with van der Waals surface area (Å²) in [4.78, 5) is 12.4. The van der Waals surface area contributed by atoms with Crippen LogP contribution >= 0.6 is 0 Å². The zero-order valence-electron chi connectivity index (χ0n) is 13.4. The Morgan fingerprint density at radius 2 is 2.18 bits per heavy atom. The Bertz CT molecular complexity index is 502. The summed E-state index contributed by atoms with van der Waals surface area (Å²) in [5.74, 6) is 1.10. The molecular formula is C17H26N2O3. The van der Waals surface area contributed by atoms with Crippen LogP contribution in [-0.2, 0) is 4.74 Å². The van der Waals surface area contributed by atoms with Crippen molar-refractivity contribution in [3.05, 3.63) is 29.8 Å². The highest BCUT2D eigenvalue weighted by Crippen LogP contribution is 2.39. The lowest BCUT2D eigenvalue weighted by molar-refractivity contribution is 0.0897. The Kier molecular flexibility index (Phi) is 5.80. The highest BCUT2D eigenvalue weighted by atomic mass is 16.5. The minimum atomic E-state index is -0.313. The Labute approximate surface area is 132 Å². The fraction of sp³-hybridized carbons (Fsp3) is 0.588. The van der Waals surface area contributed by atoms with E-state index in [9.17, 15) is 4.79 Å². The van der Waals surface area contributed by atoms with Crippen LogP contribution in [0, 0.1) is 5.92 Å². The Morgan fingerprint density at radius 1 is 1.41 bits per heavy atom. The second-order valence-electron chi connectivity index (χ2n) is 6.07. The van der Waals surface area contributed by atoms with Crippen molar-refractivity contribution in [3.8, 4) is 5.75 Å². The molecule has 2 rings (SSSR count). The van der Waals surface area contributed by atoms with Crippen LogP contribution in [0.1, 0.15) is 36.5 Å². The molecule has 1 aliphatic rings. The maximum Gasteiger partial charge on any atom is 0.251 e. The van der Waals surface area contributed by atoms with Crippen LogP contribution in [0.15, 0.2) is 24.3 Å². The molecule has 1 unspecified atom stereocenters. The van der Waals surface area contributed by atoms with Gasteiger partial charge in [-0.2, -0.15) is 0 Å². The van der Waals surface area contributed by atoms with Gasteiger partial charge >= 0.3 is 0 Å². The number of carbonyl (C=O) groups is 1. The van der Waals surface area contributed by atoms with E-state index in [0.717, 1.165) is 19.3 Å². The minimum absolute atomic E-state index is 0.0952. The van der Waals surface area contributed by atoms with Crippen molar-refractivity contribution in [1.29, 1.82) is 0 Å². The Balaban J connectivity index is 1.94. The molecule has 122 valence electrons. The summed E-state index contributed by atoms with van der Waals surface area (Å²) in [6.45, 7) is 3.71. The Morgan fingerprint density at radius 3 is 2.82 bits per heavy atom. The van der Waals surface area contributed by atoms with Gasteiger partial charge in [0.2, 0.25) is 0 Å². The number of carbonyl (C=O) groups excluding carboxylic acids is 1. The van der Waals surface area contributed by atoms with Gasteiger partial charge < -0.3 is 20.5 Å². The zero-order chi connectivity index (χ0) is 16.0. The summed E-state index contributed by atoms with van der Waals surface area (Å²) in [6, 6.07) is 7.25. The number of hydrogen-bond donors (Lipinski definition) is 2. The fourth-order valence-corrected chi connectivity index (χ4v) is 2.49. The molecule has 0 radical (unpaired) electrons. The number of ether oxygens (including phenoxy) is 2. The highest BCUT2D eigenvalue weighted by molar-refractivity contribution is 5.95. The van der Waals surface area contributed by atoms with Crippen LogP contribution in [0.25, 0.3) is 0 Å². The molecule has 0 spiro atoms. The molecule has 5 nitrogen and oxygen atoms in total. The molecule has 22 heavy (non-hydrogen) atoms. The lowest BCUT2D eigenvalue weighted by Gasteiger charge is -2.29. The molecule has 3 N–H and O–H groups in total. The molecule has 1 fully saturated rings. The number of rotatable bonds is 9. The van der Waals surface area contributed by atoms with Crippen LogP contribution in [0.5, 0.6) is 5.75 Å². The van der Waals surface area contributed by atoms with Gasteiger partial charge in [-0.3, -0.25) is 4.79 Å². The molecule has 1 aromatic rings. The lowest BCUT2D eigenvalue weighted by atomic mass is 9.95. The van der Waals surface area contributed by atoms with E-state index in [1.54, 1.807) is 19.2 Å². The third-order valence-corrected chi connectivity index (χ3v) is 4.16. The predicted molar refractivity (Wildman–Crippen MR) is 86.1 cm³/mol. The topological polar surface area (TPSA) is 73.6 Å².